The van der Waals surface area contributed by atoms with Crippen molar-refractivity contribution in [3.63, 3.8) is 0 Å². The quantitative estimate of drug-likeness (QED) is 0.341. The average molecular weight is 701 g/mol. The van der Waals surface area contributed by atoms with Crippen molar-refractivity contribution in [1.29, 1.82) is 0 Å². The van der Waals surface area contributed by atoms with Crippen molar-refractivity contribution in [2.45, 2.75) is 52.7 Å². The van der Waals surface area contributed by atoms with Gasteiger partial charge in [0.25, 0.3) is 11.8 Å². The van der Waals surface area contributed by atoms with Gasteiger partial charge in [0.2, 0.25) is 10.0 Å². The van der Waals surface area contributed by atoms with Crippen molar-refractivity contribution in [2.24, 2.45) is 4.99 Å². The first-order valence-electron chi connectivity index (χ1n) is 15.0. The minimum absolute atomic E-state index is 0.0584. The number of amides is 2. The maximum Gasteiger partial charge on any atom is 0.279 e. The second kappa shape index (κ2) is 12.5. The van der Waals surface area contributed by atoms with Crippen LogP contribution in [0.2, 0.25) is 5.15 Å². The van der Waals surface area contributed by atoms with Crippen LogP contribution in [-0.2, 0) is 19.9 Å². The fraction of sp³-hybridized carbons (Fsp3) is 0.367. The van der Waals surface area contributed by atoms with Gasteiger partial charge in [-0.25, -0.2) is 26.8 Å². The number of hydrogen-bond donors (Lipinski definition) is 3. The van der Waals surface area contributed by atoms with E-state index in [2.05, 4.69) is 15.3 Å². The molecule has 0 aliphatic carbocycles. The number of sulfone groups is 1. The Morgan fingerprint density at radius 1 is 0.894 bits per heavy atom. The van der Waals surface area contributed by atoms with Gasteiger partial charge in [0, 0.05) is 38.2 Å². The number of aliphatic imine (C=N–C) groups is 1. The van der Waals surface area contributed by atoms with Crippen molar-refractivity contribution in [3.8, 4) is 0 Å². The molecule has 0 bridgehead atoms. The summed E-state index contributed by atoms with van der Waals surface area (Å²) >= 11 is 5.90. The Balaban J connectivity index is 1.09. The van der Waals surface area contributed by atoms with Crippen molar-refractivity contribution in [1.82, 2.24) is 24.5 Å². The predicted octanol–water partition coefficient (Wildman–Crippen LogP) is 2.13. The number of hydrogen-bond acceptors (Lipinski definition) is 11. The molecule has 1 atom stereocenters. The highest BCUT2D eigenvalue weighted by atomic mass is 35.5. The summed E-state index contributed by atoms with van der Waals surface area (Å²) in [5, 5.41) is 1.74. The number of nitrogen functional groups attached to an aromatic ring is 2. The Kier molecular flexibility index (Phi) is 8.71. The molecule has 4 heterocycles. The first-order valence-corrected chi connectivity index (χ1v) is 18.3. The Bertz CT molecular complexity index is 1980. The van der Waals surface area contributed by atoms with Gasteiger partial charge in [-0.3, -0.25) is 14.6 Å². The normalized spacial score (nSPS) is 19.9. The molecule has 0 saturated carbocycles. The number of likely N-dealkylation sites (tertiary alicyclic amines) is 1. The van der Waals surface area contributed by atoms with Gasteiger partial charge in [0.05, 0.1) is 20.6 Å². The number of carbonyl (C=O) groups is 2. The molecule has 2 amide bonds. The zero-order valence-electron chi connectivity index (χ0n) is 25.2. The third-order valence-corrected chi connectivity index (χ3v) is 13.2. The summed E-state index contributed by atoms with van der Waals surface area (Å²) < 4.78 is 54.5. The monoisotopic (exact) mass is 700 g/mol. The van der Waals surface area contributed by atoms with Gasteiger partial charge in [-0.05, 0) is 56.0 Å². The number of piperidine rings is 1. The van der Waals surface area contributed by atoms with E-state index in [0.29, 0.717) is 44.6 Å². The van der Waals surface area contributed by atoms with Crippen LogP contribution in [0.15, 0.2) is 69.4 Å². The van der Waals surface area contributed by atoms with Crippen LogP contribution in [0.1, 0.15) is 53.0 Å². The highest BCUT2D eigenvalue weighted by molar-refractivity contribution is 7.92. The van der Waals surface area contributed by atoms with E-state index in [1.54, 1.807) is 29.2 Å². The van der Waals surface area contributed by atoms with Crippen molar-refractivity contribution >= 4 is 60.7 Å². The lowest BCUT2D eigenvalue weighted by Crippen LogP contribution is -2.45. The number of rotatable bonds is 6. The summed E-state index contributed by atoms with van der Waals surface area (Å²) in [7, 11) is -7.75. The predicted molar refractivity (Wildman–Crippen MR) is 175 cm³/mol. The van der Waals surface area contributed by atoms with E-state index in [4.69, 9.17) is 28.1 Å². The number of halogens is 1. The molecule has 2 aromatic carbocycles. The fourth-order valence-corrected chi connectivity index (χ4v) is 9.70. The summed E-state index contributed by atoms with van der Waals surface area (Å²) in [6.07, 6.45) is 2.47. The molecule has 1 aromatic heterocycles. The zero-order valence-corrected chi connectivity index (χ0v) is 27.6. The van der Waals surface area contributed by atoms with Crippen molar-refractivity contribution in [3.05, 3.63) is 71.0 Å². The second-order valence-electron chi connectivity index (χ2n) is 11.8. The first kappa shape index (κ1) is 32.8. The first-order chi connectivity index (χ1) is 22.3. The van der Waals surface area contributed by atoms with E-state index in [1.165, 1.54) is 34.6 Å². The van der Waals surface area contributed by atoms with E-state index < -0.39 is 36.6 Å². The zero-order chi connectivity index (χ0) is 33.6. The third-order valence-electron chi connectivity index (χ3n) is 8.90. The maximum absolute atomic E-state index is 13.5. The summed E-state index contributed by atoms with van der Waals surface area (Å²) in [4.78, 5) is 40.5. The summed E-state index contributed by atoms with van der Waals surface area (Å²) in [5.74, 6) is -0.668. The third kappa shape index (κ3) is 6.42. The summed E-state index contributed by atoms with van der Waals surface area (Å²) in [6, 6.07) is 13.8. The maximum atomic E-state index is 13.5. The lowest BCUT2D eigenvalue weighted by atomic mass is 9.86. The van der Waals surface area contributed by atoms with E-state index >= 15 is 0 Å². The molecule has 3 aromatic rings. The van der Waals surface area contributed by atoms with Crippen LogP contribution in [0.3, 0.4) is 0 Å². The Morgan fingerprint density at radius 2 is 1.60 bits per heavy atom. The lowest BCUT2D eigenvalue weighted by Gasteiger charge is -2.37. The highest BCUT2D eigenvalue weighted by Crippen LogP contribution is 2.36. The van der Waals surface area contributed by atoms with Gasteiger partial charge in [0.15, 0.2) is 32.3 Å². The molecule has 1 spiro atoms. The molecule has 47 heavy (non-hydrogen) atoms. The molecule has 17 heteroatoms. The second-order valence-corrected chi connectivity index (χ2v) is 16.3. The smallest absolute Gasteiger partial charge is 0.279 e. The molecular formula is C30H33ClN8O6S2. The molecule has 6 rings (SSSR count). The standard InChI is InChI=1S/C30H33ClN8O6S2/c31-25-27(33)36-26(32)24(35-25)28(40)34-23-9-11-30(37-23)12-15-38(16-13-30)29(41)19-5-4-8-21(17-19)47(44,45)39-14-10-22(18-39)46(42,43)20-6-2-1-3-7-20/h1-8,17,22H,9-16,18H2,(H4,32,33,36)(H,34,37,40). The molecule has 2 saturated heterocycles. The van der Waals surface area contributed by atoms with Crippen LogP contribution in [-0.4, -0.2) is 90.6 Å². The molecule has 3 aliphatic rings. The van der Waals surface area contributed by atoms with E-state index in [-0.39, 0.29) is 63.3 Å². The van der Waals surface area contributed by atoms with Crippen LogP contribution < -0.4 is 16.8 Å². The van der Waals surface area contributed by atoms with Crippen LogP contribution >= 0.6 is 11.6 Å². The SMILES string of the molecule is Nc1nc(N)c(C(=O)NC2=NC3(CC2)CCN(C(=O)c2cccc(S(=O)(=O)N4CCC(S(=O)(=O)c5ccccc5)C4)c2)CC3)nc1Cl. The van der Waals surface area contributed by atoms with E-state index in [9.17, 15) is 26.4 Å². The molecule has 3 aliphatic heterocycles. The molecule has 2 fully saturated rings. The van der Waals surface area contributed by atoms with Crippen LogP contribution in [0.5, 0.6) is 0 Å². The van der Waals surface area contributed by atoms with Gasteiger partial charge in [-0.15, -0.1) is 0 Å². The molecule has 14 nitrogen and oxygen atoms in total. The van der Waals surface area contributed by atoms with Gasteiger partial charge in [0.1, 0.15) is 5.84 Å². The Labute approximate surface area is 277 Å². The van der Waals surface area contributed by atoms with E-state index in [0.717, 1.165) is 0 Å². The number of sulfonamides is 1. The number of nitrogens with zero attached hydrogens (tertiary/aromatic N) is 5. The average Bonchev–Trinajstić information content (AvgIpc) is 3.72. The number of carbonyl (C=O) groups excluding carboxylic acids is 2. The number of benzene rings is 2. The minimum atomic E-state index is -4.05. The van der Waals surface area contributed by atoms with Gasteiger partial charge < -0.3 is 21.7 Å². The number of nitrogens with two attached hydrogens (primary N) is 2. The number of aromatic nitrogens is 2. The topological polar surface area (TPSA) is 211 Å². The number of nitrogens with one attached hydrogen (secondary N) is 1. The minimum Gasteiger partial charge on any atom is -0.382 e. The van der Waals surface area contributed by atoms with E-state index in [1.807, 2.05) is 0 Å². The largest absolute Gasteiger partial charge is 0.382 e. The van der Waals surface area contributed by atoms with Crippen LogP contribution in [0.4, 0.5) is 11.6 Å². The van der Waals surface area contributed by atoms with Gasteiger partial charge in [-0.1, -0.05) is 35.9 Å². The lowest BCUT2D eigenvalue weighted by molar-refractivity contribution is 0.0672. The number of amidine groups is 1. The van der Waals surface area contributed by atoms with Gasteiger partial charge >= 0.3 is 0 Å². The van der Waals surface area contributed by atoms with Crippen LogP contribution in [0.25, 0.3) is 0 Å². The van der Waals surface area contributed by atoms with Crippen molar-refractivity contribution < 1.29 is 26.4 Å². The fourth-order valence-electron chi connectivity index (χ4n) is 6.22. The highest BCUT2D eigenvalue weighted by Gasteiger charge is 2.41. The molecule has 5 N–H and O–H groups in total. The summed E-state index contributed by atoms with van der Waals surface area (Å²) in [5.41, 5.74) is 11.0. The number of anilines is 2. The van der Waals surface area contributed by atoms with Crippen LogP contribution in [0, 0.1) is 0 Å². The molecule has 248 valence electrons. The van der Waals surface area contributed by atoms with Gasteiger partial charge in [-0.2, -0.15) is 4.31 Å². The molecule has 0 radical (unpaired) electrons. The summed E-state index contributed by atoms with van der Waals surface area (Å²) in [6.45, 7) is 0.668. The van der Waals surface area contributed by atoms with Crippen molar-refractivity contribution in [2.75, 3.05) is 37.6 Å². The molecular weight excluding hydrogens is 668 g/mol. The molecule has 1 unspecified atom stereocenters. The Hall–Kier alpha value is -4.12. The Morgan fingerprint density at radius 3 is 2.32 bits per heavy atom.